The fourth-order valence-corrected chi connectivity index (χ4v) is 3.07. The summed E-state index contributed by atoms with van der Waals surface area (Å²) in [6.45, 7) is 3.92. The van der Waals surface area contributed by atoms with E-state index in [-0.39, 0.29) is 23.6 Å². The minimum absolute atomic E-state index is 0.00465. The van der Waals surface area contributed by atoms with Crippen LogP contribution in [0.5, 0.6) is 0 Å². The highest BCUT2D eigenvalue weighted by atomic mass is 16.5. The van der Waals surface area contributed by atoms with Crippen LogP contribution in [0, 0.1) is 18.3 Å². The standard InChI is InChI=1S/C22H20N2O3/c1-3-26-22(25)19-18(15-11-9-14(2)10-12-15)17(13-23)21(24)27-20(19)16-7-5-4-6-8-16/h4-12,18H,3,24H2,1-2H3. The Balaban J connectivity index is 2.26. The second-order valence-electron chi connectivity index (χ2n) is 6.16. The minimum Gasteiger partial charge on any atom is -0.463 e. The molecule has 1 aliphatic heterocycles. The summed E-state index contributed by atoms with van der Waals surface area (Å²) in [7, 11) is 0. The molecule has 0 aromatic heterocycles. The Morgan fingerprint density at radius 3 is 2.44 bits per heavy atom. The van der Waals surface area contributed by atoms with Crippen molar-refractivity contribution in [3.05, 3.63) is 88.3 Å². The number of hydrogen-bond donors (Lipinski definition) is 1. The van der Waals surface area contributed by atoms with E-state index in [2.05, 4.69) is 6.07 Å². The second-order valence-corrected chi connectivity index (χ2v) is 6.16. The highest BCUT2D eigenvalue weighted by Crippen LogP contribution is 2.42. The molecule has 136 valence electrons. The quantitative estimate of drug-likeness (QED) is 0.839. The largest absolute Gasteiger partial charge is 0.463 e. The number of nitriles is 1. The lowest BCUT2D eigenvalue weighted by Gasteiger charge is -2.28. The van der Waals surface area contributed by atoms with E-state index in [9.17, 15) is 10.1 Å². The van der Waals surface area contributed by atoms with Gasteiger partial charge in [0.1, 0.15) is 17.4 Å². The molecule has 0 spiro atoms. The molecule has 0 bridgehead atoms. The summed E-state index contributed by atoms with van der Waals surface area (Å²) in [5, 5.41) is 9.69. The van der Waals surface area contributed by atoms with E-state index in [0.717, 1.165) is 11.1 Å². The van der Waals surface area contributed by atoms with Gasteiger partial charge in [0.05, 0.1) is 18.1 Å². The maximum atomic E-state index is 12.9. The average molecular weight is 360 g/mol. The zero-order chi connectivity index (χ0) is 19.4. The average Bonchev–Trinajstić information content (AvgIpc) is 2.68. The number of nitrogens with zero attached hydrogens (tertiary/aromatic N) is 1. The predicted molar refractivity (Wildman–Crippen MR) is 102 cm³/mol. The molecular weight excluding hydrogens is 340 g/mol. The number of hydrogen-bond acceptors (Lipinski definition) is 5. The molecule has 0 aliphatic carbocycles. The number of allylic oxidation sites excluding steroid dienone is 1. The van der Waals surface area contributed by atoms with Gasteiger partial charge in [-0.25, -0.2) is 4.79 Å². The van der Waals surface area contributed by atoms with E-state index in [1.54, 1.807) is 6.92 Å². The van der Waals surface area contributed by atoms with Crippen molar-refractivity contribution >= 4 is 11.7 Å². The topological polar surface area (TPSA) is 85.3 Å². The van der Waals surface area contributed by atoms with Crippen LogP contribution in [0.4, 0.5) is 0 Å². The molecule has 0 amide bonds. The van der Waals surface area contributed by atoms with Crippen LogP contribution in [0.15, 0.2) is 71.6 Å². The first-order valence-corrected chi connectivity index (χ1v) is 8.67. The van der Waals surface area contributed by atoms with Gasteiger partial charge in [0.15, 0.2) is 0 Å². The van der Waals surface area contributed by atoms with Crippen molar-refractivity contribution in [2.24, 2.45) is 5.73 Å². The fourth-order valence-electron chi connectivity index (χ4n) is 3.07. The van der Waals surface area contributed by atoms with Gasteiger partial charge in [-0.2, -0.15) is 5.26 Å². The Morgan fingerprint density at radius 1 is 1.19 bits per heavy atom. The monoisotopic (exact) mass is 360 g/mol. The molecule has 3 rings (SSSR count). The zero-order valence-corrected chi connectivity index (χ0v) is 15.2. The van der Waals surface area contributed by atoms with Crippen molar-refractivity contribution in [3.63, 3.8) is 0 Å². The first-order chi connectivity index (χ1) is 13.1. The van der Waals surface area contributed by atoms with Crippen LogP contribution >= 0.6 is 0 Å². The zero-order valence-electron chi connectivity index (χ0n) is 15.2. The van der Waals surface area contributed by atoms with Gasteiger partial charge < -0.3 is 15.2 Å². The molecule has 0 radical (unpaired) electrons. The van der Waals surface area contributed by atoms with Gasteiger partial charge in [0, 0.05) is 5.56 Å². The Bertz CT molecular complexity index is 951. The molecule has 1 atom stereocenters. The summed E-state index contributed by atoms with van der Waals surface area (Å²) in [5.41, 5.74) is 9.08. The Labute approximate surface area is 158 Å². The predicted octanol–water partition coefficient (Wildman–Crippen LogP) is 3.78. The third-order valence-electron chi connectivity index (χ3n) is 4.36. The smallest absolute Gasteiger partial charge is 0.338 e. The summed E-state index contributed by atoms with van der Waals surface area (Å²) in [6.07, 6.45) is 0. The van der Waals surface area contributed by atoms with Crippen LogP contribution < -0.4 is 5.73 Å². The number of benzene rings is 2. The van der Waals surface area contributed by atoms with E-state index in [1.807, 2.05) is 61.5 Å². The summed E-state index contributed by atoms with van der Waals surface area (Å²) < 4.78 is 11.0. The van der Waals surface area contributed by atoms with Gasteiger partial charge in [-0.15, -0.1) is 0 Å². The molecule has 5 nitrogen and oxygen atoms in total. The number of carbonyl (C=O) groups is 1. The van der Waals surface area contributed by atoms with E-state index in [1.165, 1.54) is 0 Å². The van der Waals surface area contributed by atoms with Crippen molar-refractivity contribution in [2.75, 3.05) is 6.61 Å². The maximum Gasteiger partial charge on any atom is 0.338 e. The van der Waals surface area contributed by atoms with E-state index in [4.69, 9.17) is 15.2 Å². The van der Waals surface area contributed by atoms with Gasteiger partial charge in [0.2, 0.25) is 5.88 Å². The maximum absolute atomic E-state index is 12.9. The molecule has 1 aliphatic rings. The SMILES string of the molecule is CCOC(=O)C1=C(c2ccccc2)OC(N)=C(C#N)C1c1ccc(C)cc1. The lowest BCUT2D eigenvalue weighted by molar-refractivity contribution is -0.138. The Hall–Kier alpha value is -3.52. The van der Waals surface area contributed by atoms with Crippen molar-refractivity contribution in [3.8, 4) is 6.07 Å². The lowest BCUT2D eigenvalue weighted by atomic mass is 9.82. The third kappa shape index (κ3) is 3.56. The number of nitrogens with two attached hydrogens (primary N) is 1. The molecule has 2 aromatic carbocycles. The summed E-state index contributed by atoms with van der Waals surface area (Å²) in [5.74, 6) is -0.869. The first kappa shape index (κ1) is 18.3. The highest BCUT2D eigenvalue weighted by molar-refractivity contribution is 5.99. The number of ether oxygens (including phenoxy) is 2. The molecule has 0 saturated carbocycles. The Morgan fingerprint density at radius 2 is 1.85 bits per heavy atom. The van der Waals surface area contributed by atoms with Gasteiger partial charge in [-0.1, -0.05) is 60.2 Å². The van der Waals surface area contributed by atoms with Crippen LogP contribution in [0.1, 0.15) is 29.5 Å². The molecule has 27 heavy (non-hydrogen) atoms. The fraction of sp³-hybridized carbons (Fsp3) is 0.182. The van der Waals surface area contributed by atoms with Crippen molar-refractivity contribution < 1.29 is 14.3 Å². The minimum atomic E-state index is -0.654. The van der Waals surface area contributed by atoms with E-state index >= 15 is 0 Å². The first-order valence-electron chi connectivity index (χ1n) is 8.67. The number of rotatable bonds is 4. The normalized spacial score (nSPS) is 16.6. The molecule has 5 heteroatoms. The third-order valence-corrected chi connectivity index (χ3v) is 4.36. The van der Waals surface area contributed by atoms with Crippen LogP contribution in [-0.2, 0) is 14.3 Å². The number of esters is 1. The van der Waals surface area contributed by atoms with E-state index < -0.39 is 11.9 Å². The Kier molecular flexibility index (Phi) is 5.28. The summed E-state index contributed by atoms with van der Waals surface area (Å²) >= 11 is 0. The van der Waals surface area contributed by atoms with Gasteiger partial charge in [-0.05, 0) is 19.4 Å². The van der Waals surface area contributed by atoms with Crippen molar-refractivity contribution in [2.45, 2.75) is 19.8 Å². The summed E-state index contributed by atoms with van der Waals surface area (Å²) in [6, 6.07) is 18.9. The van der Waals surface area contributed by atoms with Crippen LogP contribution in [0.25, 0.3) is 5.76 Å². The van der Waals surface area contributed by atoms with Crippen LogP contribution in [0.3, 0.4) is 0 Å². The number of aryl methyl sites for hydroxylation is 1. The highest BCUT2D eigenvalue weighted by Gasteiger charge is 2.38. The molecule has 1 unspecified atom stereocenters. The van der Waals surface area contributed by atoms with E-state index in [0.29, 0.717) is 11.3 Å². The summed E-state index contributed by atoms with van der Waals surface area (Å²) in [4.78, 5) is 12.9. The molecule has 1 heterocycles. The van der Waals surface area contributed by atoms with Crippen molar-refractivity contribution in [1.29, 1.82) is 5.26 Å². The molecule has 2 aromatic rings. The van der Waals surface area contributed by atoms with Crippen LogP contribution in [-0.4, -0.2) is 12.6 Å². The molecule has 0 saturated heterocycles. The molecular formula is C22H20N2O3. The van der Waals surface area contributed by atoms with Crippen molar-refractivity contribution in [1.82, 2.24) is 0 Å². The molecule has 2 N–H and O–H groups in total. The van der Waals surface area contributed by atoms with Crippen LogP contribution in [0.2, 0.25) is 0 Å². The molecule has 0 fully saturated rings. The van der Waals surface area contributed by atoms with Gasteiger partial charge >= 0.3 is 5.97 Å². The number of carbonyl (C=O) groups excluding carboxylic acids is 1. The van der Waals surface area contributed by atoms with Gasteiger partial charge in [-0.3, -0.25) is 0 Å². The second kappa shape index (κ2) is 7.79. The van der Waals surface area contributed by atoms with Gasteiger partial charge in [0.25, 0.3) is 0 Å². The lowest BCUT2D eigenvalue weighted by Crippen LogP contribution is -2.25.